The molecule has 1 amide bonds. The van der Waals surface area contributed by atoms with E-state index in [1.807, 2.05) is 0 Å². The van der Waals surface area contributed by atoms with Crippen LogP contribution in [0.15, 0.2) is 0 Å². The number of nitrogens with zero attached hydrogens (tertiary/aromatic N) is 2. The fraction of sp³-hybridized carbons (Fsp3) is 0.941. The predicted octanol–water partition coefficient (Wildman–Crippen LogP) is 2.30. The normalized spacial score (nSPS) is 31.7. The van der Waals surface area contributed by atoms with E-state index in [0.717, 1.165) is 25.9 Å². The summed E-state index contributed by atoms with van der Waals surface area (Å²) in [5.74, 6) is 1.30. The van der Waals surface area contributed by atoms with E-state index < -0.39 is 0 Å². The van der Waals surface area contributed by atoms with E-state index in [9.17, 15) is 4.79 Å². The Morgan fingerprint density at radius 1 is 1.29 bits per heavy atom. The molecule has 1 N–H and O–H groups in total. The van der Waals surface area contributed by atoms with Crippen LogP contribution in [0.2, 0.25) is 0 Å². The molecule has 2 heterocycles. The molecule has 2 fully saturated rings. The number of nitrogens with one attached hydrogen (secondary N) is 1. The van der Waals surface area contributed by atoms with E-state index in [-0.39, 0.29) is 12.2 Å². The van der Waals surface area contributed by atoms with Gasteiger partial charge in [0.2, 0.25) is 5.91 Å². The van der Waals surface area contributed by atoms with Crippen LogP contribution in [0.1, 0.15) is 53.9 Å². The van der Waals surface area contributed by atoms with Crippen molar-refractivity contribution in [3.63, 3.8) is 0 Å². The highest BCUT2D eigenvalue weighted by Gasteiger charge is 2.44. The van der Waals surface area contributed by atoms with Crippen molar-refractivity contribution >= 4 is 5.91 Å². The lowest BCUT2D eigenvalue weighted by Gasteiger charge is -2.40. The quantitative estimate of drug-likeness (QED) is 0.845. The average Bonchev–Trinajstić information content (AvgIpc) is 2.75. The summed E-state index contributed by atoms with van der Waals surface area (Å²) < 4.78 is 0. The predicted molar refractivity (Wildman–Crippen MR) is 87.0 cm³/mol. The fourth-order valence-electron chi connectivity index (χ4n) is 3.76. The zero-order valence-electron chi connectivity index (χ0n) is 14.4. The van der Waals surface area contributed by atoms with Gasteiger partial charge in [0, 0.05) is 12.6 Å². The molecule has 3 atom stereocenters. The first-order valence-electron chi connectivity index (χ1n) is 8.74. The van der Waals surface area contributed by atoms with E-state index in [2.05, 4.69) is 49.7 Å². The van der Waals surface area contributed by atoms with Crippen LogP contribution >= 0.6 is 0 Å². The Balaban J connectivity index is 2.13. The van der Waals surface area contributed by atoms with Crippen LogP contribution in [0, 0.1) is 11.8 Å². The maximum atomic E-state index is 12.9. The summed E-state index contributed by atoms with van der Waals surface area (Å²) in [5, 5.41) is 3.61. The summed E-state index contributed by atoms with van der Waals surface area (Å²) in [6.45, 7) is 14.3. The number of carbonyl (C=O) groups is 1. The van der Waals surface area contributed by atoms with Crippen molar-refractivity contribution in [3.05, 3.63) is 0 Å². The first-order valence-corrected chi connectivity index (χ1v) is 8.74. The molecule has 0 aromatic carbocycles. The van der Waals surface area contributed by atoms with Crippen LogP contribution in [0.25, 0.3) is 0 Å². The second-order valence-corrected chi connectivity index (χ2v) is 7.47. The molecule has 122 valence electrons. The topological polar surface area (TPSA) is 35.6 Å². The zero-order chi connectivity index (χ0) is 15.6. The van der Waals surface area contributed by atoms with E-state index in [1.54, 1.807) is 0 Å². The third kappa shape index (κ3) is 3.78. The molecule has 4 nitrogen and oxygen atoms in total. The summed E-state index contributed by atoms with van der Waals surface area (Å²) in [4.78, 5) is 17.6. The summed E-state index contributed by atoms with van der Waals surface area (Å²) >= 11 is 0. The molecule has 4 heteroatoms. The molecule has 0 spiro atoms. The van der Waals surface area contributed by atoms with Crippen LogP contribution < -0.4 is 5.32 Å². The largest absolute Gasteiger partial charge is 0.322 e. The van der Waals surface area contributed by atoms with Crippen molar-refractivity contribution in [2.24, 2.45) is 11.8 Å². The first kappa shape index (κ1) is 16.8. The number of amides is 1. The van der Waals surface area contributed by atoms with Gasteiger partial charge in [-0.1, -0.05) is 34.6 Å². The monoisotopic (exact) mass is 295 g/mol. The van der Waals surface area contributed by atoms with Gasteiger partial charge >= 0.3 is 0 Å². The number of rotatable bonds is 5. The Morgan fingerprint density at radius 2 is 2.00 bits per heavy atom. The molecular formula is C17H33N3O. The Labute approximate surface area is 130 Å². The number of piperidine rings is 1. The van der Waals surface area contributed by atoms with Crippen LogP contribution in [-0.2, 0) is 4.79 Å². The highest BCUT2D eigenvalue weighted by molar-refractivity contribution is 5.85. The molecule has 0 saturated carbocycles. The van der Waals surface area contributed by atoms with Crippen LogP contribution in [-0.4, -0.2) is 53.6 Å². The SMILES string of the molecule is CCN1CCCC(N2C(=O)C(C(C)C)NC2CC(C)C)C1. The minimum Gasteiger partial charge on any atom is -0.322 e. The summed E-state index contributed by atoms with van der Waals surface area (Å²) in [6, 6.07) is 0.400. The number of hydrogen-bond donors (Lipinski definition) is 1. The van der Waals surface area contributed by atoms with Crippen LogP contribution in [0.5, 0.6) is 0 Å². The average molecular weight is 295 g/mol. The lowest BCUT2D eigenvalue weighted by atomic mass is 10.0. The van der Waals surface area contributed by atoms with Crippen molar-refractivity contribution in [2.75, 3.05) is 19.6 Å². The molecule has 0 aliphatic carbocycles. The van der Waals surface area contributed by atoms with Crippen LogP contribution in [0.3, 0.4) is 0 Å². The van der Waals surface area contributed by atoms with Gasteiger partial charge in [-0.15, -0.1) is 0 Å². The van der Waals surface area contributed by atoms with Gasteiger partial charge in [-0.05, 0) is 44.2 Å². The molecule has 0 bridgehead atoms. The molecule has 0 radical (unpaired) electrons. The molecule has 0 aromatic rings. The molecule has 2 aliphatic rings. The Morgan fingerprint density at radius 3 is 2.57 bits per heavy atom. The number of hydrogen-bond acceptors (Lipinski definition) is 3. The van der Waals surface area contributed by atoms with Gasteiger partial charge in [0.25, 0.3) is 0 Å². The summed E-state index contributed by atoms with van der Waals surface area (Å²) in [7, 11) is 0. The second-order valence-electron chi connectivity index (χ2n) is 7.47. The zero-order valence-corrected chi connectivity index (χ0v) is 14.4. The van der Waals surface area contributed by atoms with Gasteiger partial charge in [0.05, 0.1) is 12.2 Å². The van der Waals surface area contributed by atoms with Gasteiger partial charge in [0.15, 0.2) is 0 Å². The Hall–Kier alpha value is -0.610. The molecule has 2 aliphatic heterocycles. The summed E-state index contributed by atoms with van der Waals surface area (Å²) in [5.41, 5.74) is 0. The van der Waals surface area contributed by atoms with Gasteiger partial charge in [-0.25, -0.2) is 0 Å². The van der Waals surface area contributed by atoms with Gasteiger partial charge < -0.3 is 9.80 Å². The molecule has 2 saturated heterocycles. The standard InChI is InChI=1S/C17H33N3O/c1-6-19-9-7-8-14(11-19)20-15(10-12(2)3)18-16(13(4)5)17(20)21/h12-16,18H,6-11H2,1-5H3. The van der Waals surface area contributed by atoms with E-state index >= 15 is 0 Å². The molecule has 0 aromatic heterocycles. The van der Waals surface area contributed by atoms with Crippen molar-refractivity contribution in [1.82, 2.24) is 15.1 Å². The third-order valence-electron chi connectivity index (χ3n) is 4.91. The molecular weight excluding hydrogens is 262 g/mol. The van der Waals surface area contributed by atoms with Crippen LogP contribution in [0.4, 0.5) is 0 Å². The third-order valence-corrected chi connectivity index (χ3v) is 4.91. The van der Waals surface area contributed by atoms with E-state index in [0.29, 0.717) is 23.8 Å². The van der Waals surface area contributed by atoms with Gasteiger partial charge in [-0.3, -0.25) is 10.1 Å². The van der Waals surface area contributed by atoms with Gasteiger partial charge in [0.1, 0.15) is 0 Å². The Kier molecular flexibility index (Phi) is 5.67. The number of likely N-dealkylation sites (N-methyl/N-ethyl adjacent to an activating group) is 1. The minimum atomic E-state index is 0.00533. The lowest BCUT2D eigenvalue weighted by Crippen LogP contribution is -2.52. The maximum absolute atomic E-state index is 12.9. The lowest BCUT2D eigenvalue weighted by molar-refractivity contribution is -0.134. The molecule has 21 heavy (non-hydrogen) atoms. The van der Waals surface area contributed by atoms with Crippen molar-refractivity contribution in [1.29, 1.82) is 0 Å². The van der Waals surface area contributed by atoms with Gasteiger partial charge in [-0.2, -0.15) is 0 Å². The van der Waals surface area contributed by atoms with Crippen molar-refractivity contribution in [2.45, 2.75) is 72.1 Å². The highest BCUT2D eigenvalue weighted by atomic mass is 16.2. The fourth-order valence-corrected chi connectivity index (χ4v) is 3.76. The van der Waals surface area contributed by atoms with E-state index in [4.69, 9.17) is 0 Å². The maximum Gasteiger partial charge on any atom is 0.241 e. The second kappa shape index (κ2) is 7.10. The first-order chi connectivity index (χ1) is 9.93. The van der Waals surface area contributed by atoms with Crippen molar-refractivity contribution in [3.8, 4) is 0 Å². The Bertz CT molecular complexity index is 356. The number of carbonyl (C=O) groups excluding carboxylic acids is 1. The minimum absolute atomic E-state index is 0.00533. The van der Waals surface area contributed by atoms with Crippen molar-refractivity contribution < 1.29 is 4.79 Å². The molecule has 2 rings (SSSR count). The van der Waals surface area contributed by atoms with E-state index in [1.165, 1.54) is 13.0 Å². The smallest absolute Gasteiger partial charge is 0.241 e. The highest BCUT2D eigenvalue weighted by Crippen LogP contribution is 2.27. The molecule has 3 unspecified atom stereocenters. The summed E-state index contributed by atoms with van der Waals surface area (Å²) in [6.07, 6.45) is 3.65. The number of likely N-dealkylation sites (tertiary alicyclic amines) is 1.